The van der Waals surface area contributed by atoms with Crippen molar-refractivity contribution in [3.05, 3.63) is 35.4 Å². The molecule has 0 radical (unpaired) electrons. The lowest BCUT2D eigenvalue weighted by atomic mass is 10.2. The summed E-state index contributed by atoms with van der Waals surface area (Å²) in [4.78, 5) is 11.0. The average molecular weight is 241 g/mol. The molecule has 0 aliphatic heterocycles. The van der Waals surface area contributed by atoms with Crippen LogP contribution in [0.2, 0.25) is 0 Å². The molecule has 1 aromatic rings. The number of nitrogens with one attached hydrogen (secondary N) is 1. The molecule has 16 heavy (non-hydrogen) atoms. The van der Waals surface area contributed by atoms with Crippen LogP contribution < -0.4 is 5.32 Å². The van der Waals surface area contributed by atoms with Crippen LogP contribution in [-0.2, 0) is 20.4 Å². The highest BCUT2D eigenvalue weighted by atomic mass is 32.2. The molecular formula is C11H15NO3S. The summed E-state index contributed by atoms with van der Waals surface area (Å²) in [5.74, 6) is -1.04. The first-order valence-corrected chi connectivity index (χ1v) is 6.71. The molecule has 1 amide bonds. The van der Waals surface area contributed by atoms with E-state index in [4.69, 9.17) is 0 Å². The van der Waals surface area contributed by atoms with Gasteiger partial charge in [-0.15, -0.1) is 0 Å². The SMILES string of the molecule is CNC(=O)CS(=O)(=O)Cc1cccc(C)c1. The minimum atomic E-state index is -3.37. The van der Waals surface area contributed by atoms with Crippen LogP contribution in [0, 0.1) is 6.92 Å². The first-order chi connectivity index (χ1) is 7.43. The van der Waals surface area contributed by atoms with Gasteiger partial charge in [-0.3, -0.25) is 4.79 Å². The van der Waals surface area contributed by atoms with E-state index >= 15 is 0 Å². The zero-order valence-electron chi connectivity index (χ0n) is 9.36. The minimum absolute atomic E-state index is 0.0951. The Balaban J connectivity index is 2.77. The van der Waals surface area contributed by atoms with Crippen LogP contribution in [0.5, 0.6) is 0 Å². The maximum absolute atomic E-state index is 11.6. The Kier molecular flexibility index (Phi) is 4.06. The third-order valence-electron chi connectivity index (χ3n) is 2.10. The number of amides is 1. The van der Waals surface area contributed by atoms with Crippen molar-refractivity contribution >= 4 is 15.7 Å². The van der Waals surface area contributed by atoms with Crippen molar-refractivity contribution in [1.29, 1.82) is 0 Å². The molecule has 0 aliphatic carbocycles. The molecule has 0 atom stereocenters. The molecule has 0 saturated heterocycles. The van der Waals surface area contributed by atoms with Gasteiger partial charge in [0.25, 0.3) is 0 Å². The van der Waals surface area contributed by atoms with Gasteiger partial charge in [-0.2, -0.15) is 0 Å². The van der Waals surface area contributed by atoms with Crippen molar-refractivity contribution in [3.63, 3.8) is 0 Å². The van der Waals surface area contributed by atoms with E-state index in [0.717, 1.165) is 5.56 Å². The quantitative estimate of drug-likeness (QED) is 0.842. The van der Waals surface area contributed by atoms with Crippen molar-refractivity contribution in [2.24, 2.45) is 0 Å². The van der Waals surface area contributed by atoms with Crippen LogP contribution in [0.3, 0.4) is 0 Å². The van der Waals surface area contributed by atoms with Gasteiger partial charge in [0.15, 0.2) is 9.84 Å². The summed E-state index contributed by atoms with van der Waals surface area (Å²) in [6.07, 6.45) is 0. The third kappa shape index (κ3) is 4.02. The van der Waals surface area contributed by atoms with Crippen LogP contribution in [0.4, 0.5) is 0 Å². The van der Waals surface area contributed by atoms with Gasteiger partial charge in [0, 0.05) is 7.05 Å². The molecule has 1 N–H and O–H groups in total. The molecule has 0 heterocycles. The summed E-state index contributed by atoms with van der Waals surface area (Å²) in [5.41, 5.74) is 1.72. The highest BCUT2D eigenvalue weighted by Crippen LogP contribution is 2.08. The number of aryl methyl sites for hydroxylation is 1. The Morgan fingerprint density at radius 1 is 1.38 bits per heavy atom. The number of carbonyl (C=O) groups excluding carboxylic acids is 1. The number of rotatable bonds is 4. The Morgan fingerprint density at radius 2 is 2.06 bits per heavy atom. The van der Waals surface area contributed by atoms with E-state index in [-0.39, 0.29) is 5.75 Å². The Hall–Kier alpha value is -1.36. The minimum Gasteiger partial charge on any atom is -0.358 e. The monoisotopic (exact) mass is 241 g/mol. The van der Waals surface area contributed by atoms with Gasteiger partial charge in [0.2, 0.25) is 5.91 Å². The molecule has 0 unspecified atom stereocenters. The molecule has 0 bridgehead atoms. The van der Waals surface area contributed by atoms with Crippen molar-refractivity contribution < 1.29 is 13.2 Å². The van der Waals surface area contributed by atoms with E-state index in [9.17, 15) is 13.2 Å². The number of sulfone groups is 1. The van der Waals surface area contributed by atoms with Gasteiger partial charge in [-0.05, 0) is 12.5 Å². The molecule has 5 heteroatoms. The highest BCUT2D eigenvalue weighted by molar-refractivity contribution is 7.91. The zero-order valence-corrected chi connectivity index (χ0v) is 10.2. The Labute approximate surface area is 95.6 Å². The third-order valence-corrected chi connectivity index (χ3v) is 3.57. The number of hydrogen-bond acceptors (Lipinski definition) is 3. The van der Waals surface area contributed by atoms with Crippen LogP contribution in [0.1, 0.15) is 11.1 Å². The average Bonchev–Trinajstić information content (AvgIpc) is 2.15. The van der Waals surface area contributed by atoms with E-state index in [0.29, 0.717) is 5.56 Å². The summed E-state index contributed by atoms with van der Waals surface area (Å²) < 4.78 is 23.2. The molecule has 0 aromatic heterocycles. The van der Waals surface area contributed by atoms with Crippen molar-refractivity contribution in [3.8, 4) is 0 Å². The topological polar surface area (TPSA) is 63.2 Å². The number of carbonyl (C=O) groups is 1. The second kappa shape index (κ2) is 5.12. The molecule has 1 rings (SSSR count). The predicted octanol–water partition coefficient (Wildman–Crippen LogP) is 0.656. The Bertz CT molecular complexity index is 480. The molecule has 0 aliphatic rings. The van der Waals surface area contributed by atoms with Crippen LogP contribution in [-0.4, -0.2) is 27.1 Å². The van der Waals surface area contributed by atoms with Gasteiger partial charge in [0.05, 0.1) is 5.75 Å². The highest BCUT2D eigenvalue weighted by Gasteiger charge is 2.16. The summed E-state index contributed by atoms with van der Waals surface area (Å²) in [6, 6.07) is 7.25. The van der Waals surface area contributed by atoms with Gasteiger partial charge < -0.3 is 5.32 Å². The molecule has 0 spiro atoms. The second-order valence-electron chi connectivity index (χ2n) is 3.69. The molecular weight excluding hydrogens is 226 g/mol. The smallest absolute Gasteiger partial charge is 0.234 e. The summed E-state index contributed by atoms with van der Waals surface area (Å²) in [5, 5.41) is 2.30. The van der Waals surface area contributed by atoms with Gasteiger partial charge in [-0.25, -0.2) is 8.42 Å². The van der Waals surface area contributed by atoms with Crippen LogP contribution in [0.25, 0.3) is 0 Å². The van der Waals surface area contributed by atoms with Crippen molar-refractivity contribution in [2.75, 3.05) is 12.8 Å². The largest absolute Gasteiger partial charge is 0.358 e. The molecule has 4 nitrogen and oxygen atoms in total. The fourth-order valence-electron chi connectivity index (χ4n) is 1.38. The Morgan fingerprint density at radius 3 is 2.62 bits per heavy atom. The van der Waals surface area contributed by atoms with Gasteiger partial charge in [-0.1, -0.05) is 29.8 Å². The summed E-state index contributed by atoms with van der Waals surface area (Å²) in [7, 11) is -1.95. The second-order valence-corrected chi connectivity index (χ2v) is 5.76. The standard InChI is InChI=1S/C11H15NO3S/c1-9-4-3-5-10(6-9)7-16(14,15)8-11(13)12-2/h3-6H,7-8H2,1-2H3,(H,12,13). The maximum Gasteiger partial charge on any atom is 0.234 e. The fraction of sp³-hybridized carbons (Fsp3) is 0.364. The predicted molar refractivity (Wildman–Crippen MR) is 62.7 cm³/mol. The first-order valence-electron chi connectivity index (χ1n) is 4.89. The molecule has 0 fully saturated rings. The van der Waals surface area contributed by atoms with E-state index in [1.807, 2.05) is 13.0 Å². The van der Waals surface area contributed by atoms with Crippen LogP contribution in [0.15, 0.2) is 24.3 Å². The molecule has 0 saturated carbocycles. The van der Waals surface area contributed by atoms with E-state index < -0.39 is 21.5 Å². The van der Waals surface area contributed by atoms with E-state index in [1.54, 1.807) is 18.2 Å². The van der Waals surface area contributed by atoms with Crippen LogP contribution >= 0.6 is 0 Å². The normalized spacial score (nSPS) is 11.1. The fourth-order valence-corrected chi connectivity index (χ4v) is 2.71. The molecule has 1 aromatic carbocycles. The first kappa shape index (κ1) is 12.7. The summed E-state index contributed by atoms with van der Waals surface area (Å²) >= 11 is 0. The van der Waals surface area contributed by atoms with Gasteiger partial charge >= 0.3 is 0 Å². The van der Waals surface area contributed by atoms with E-state index in [1.165, 1.54) is 7.05 Å². The van der Waals surface area contributed by atoms with Gasteiger partial charge in [0.1, 0.15) is 5.75 Å². The number of hydrogen-bond donors (Lipinski definition) is 1. The summed E-state index contributed by atoms with van der Waals surface area (Å²) in [6.45, 7) is 1.90. The molecule has 88 valence electrons. The van der Waals surface area contributed by atoms with Crippen molar-refractivity contribution in [1.82, 2.24) is 5.32 Å². The lowest BCUT2D eigenvalue weighted by Gasteiger charge is -2.04. The lowest BCUT2D eigenvalue weighted by Crippen LogP contribution is -2.27. The zero-order chi connectivity index (χ0) is 12.2. The number of benzene rings is 1. The maximum atomic E-state index is 11.6. The lowest BCUT2D eigenvalue weighted by molar-refractivity contribution is -0.118. The van der Waals surface area contributed by atoms with Crippen molar-refractivity contribution in [2.45, 2.75) is 12.7 Å². The van der Waals surface area contributed by atoms with E-state index in [2.05, 4.69) is 5.32 Å².